The van der Waals surface area contributed by atoms with Crippen molar-refractivity contribution in [1.82, 2.24) is 9.97 Å². The Hall–Kier alpha value is -3.21. The second-order valence-corrected chi connectivity index (χ2v) is 8.68. The van der Waals surface area contributed by atoms with Crippen LogP contribution in [0.5, 0.6) is 5.75 Å². The Kier molecular flexibility index (Phi) is 5.41. The Balaban J connectivity index is 1.52. The number of aromatic hydroxyl groups is 1. The van der Waals surface area contributed by atoms with Crippen LogP contribution in [0.2, 0.25) is 0 Å². The van der Waals surface area contributed by atoms with E-state index in [-0.39, 0.29) is 11.7 Å². The van der Waals surface area contributed by atoms with Crippen LogP contribution in [0.1, 0.15) is 49.8 Å². The monoisotopic (exact) mass is 413 g/mol. The van der Waals surface area contributed by atoms with Gasteiger partial charge >= 0.3 is 0 Å². The van der Waals surface area contributed by atoms with Crippen LogP contribution < -0.4 is 5.32 Å². The van der Waals surface area contributed by atoms with Crippen molar-refractivity contribution in [3.8, 4) is 28.3 Å². The van der Waals surface area contributed by atoms with Gasteiger partial charge in [-0.15, -0.1) is 0 Å². The number of nitrogens with one attached hydrogen (secondary N) is 1. The maximum Gasteiger partial charge on any atom is 0.225 e. The lowest BCUT2D eigenvalue weighted by atomic mass is 9.87. The van der Waals surface area contributed by atoms with Gasteiger partial charge < -0.3 is 10.4 Å². The van der Waals surface area contributed by atoms with E-state index < -0.39 is 0 Å². The van der Waals surface area contributed by atoms with E-state index in [1.165, 1.54) is 24.8 Å². The first-order valence-electron chi connectivity index (χ1n) is 11.3. The molecular formula is C26H27N3O2. The number of anilines is 1. The summed E-state index contributed by atoms with van der Waals surface area (Å²) in [7, 11) is 0. The number of phenols is 1. The molecule has 5 rings (SSSR count). The Bertz CT molecular complexity index is 1100. The maximum absolute atomic E-state index is 12.9. The topological polar surface area (TPSA) is 75.1 Å². The molecule has 0 spiro atoms. The summed E-state index contributed by atoms with van der Waals surface area (Å²) in [4.78, 5) is 22.7. The zero-order valence-corrected chi connectivity index (χ0v) is 17.6. The third kappa shape index (κ3) is 4.18. The van der Waals surface area contributed by atoms with Gasteiger partial charge in [0.2, 0.25) is 5.91 Å². The Labute approximate surface area is 182 Å². The summed E-state index contributed by atoms with van der Waals surface area (Å²) >= 11 is 0. The number of aryl methyl sites for hydroxylation is 2. The second kappa shape index (κ2) is 8.50. The van der Waals surface area contributed by atoms with Gasteiger partial charge in [-0.05, 0) is 61.4 Å². The first-order valence-corrected chi connectivity index (χ1v) is 11.3. The van der Waals surface area contributed by atoms with E-state index in [4.69, 9.17) is 9.97 Å². The van der Waals surface area contributed by atoms with Gasteiger partial charge in [-0.1, -0.05) is 43.5 Å². The molecule has 5 nitrogen and oxygen atoms in total. The molecule has 1 fully saturated rings. The minimum Gasteiger partial charge on any atom is -0.508 e. The average Bonchev–Trinajstić information content (AvgIpc) is 2.80. The molecule has 31 heavy (non-hydrogen) atoms. The van der Waals surface area contributed by atoms with Crippen molar-refractivity contribution in [3.63, 3.8) is 0 Å². The molecule has 2 aliphatic rings. The number of rotatable bonds is 4. The Morgan fingerprint density at radius 2 is 1.71 bits per heavy atom. The Morgan fingerprint density at radius 3 is 2.52 bits per heavy atom. The second-order valence-electron chi connectivity index (χ2n) is 8.68. The van der Waals surface area contributed by atoms with Crippen LogP contribution in [0, 0.1) is 5.92 Å². The molecule has 1 aromatic heterocycles. The van der Waals surface area contributed by atoms with Gasteiger partial charge in [0.05, 0.1) is 11.4 Å². The van der Waals surface area contributed by atoms with Crippen LogP contribution in [0.15, 0.2) is 48.5 Å². The molecule has 3 aromatic rings. The van der Waals surface area contributed by atoms with Crippen LogP contribution in [-0.2, 0) is 17.6 Å². The van der Waals surface area contributed by atoms with Gasteiger partial charge in [0.25, 0.3) is 0 Å². The molecule has 5 heteroatoms. The highest BCUT2D eigenvalue weighted by atomic mass is 16.3. The molecule has 2 aromatic carbocycles. The zero-order valence-electron chi connectivity index (χ0n) is 17.6. The third-order valence-corrected chi connectivity index (χ3v) is 6.47. The number of amides is 1. The minimum atomic E-state index is 0.0115. The molecule has 0 unspecified atom stereocenters. The van der Waals surface area contributed by atoms with E-state index in [9.17, 15) is 9.90 Å². The maximum atomic E-state index is 12.9. The lowest BCUT2D eigenvalue weighted by molar-refractivity contribution is -0.117. The first-order chi connectivity index (χ1) is 15.2. The highest BCUT2D eigenvalue weighted by molar-refractivity contribution is 5.94. The number of nitrogens with zero attached hydrogens (tertiary/aromatic N) is 2. The summed E-state index contributed by atoms with van der Waals surface area (Å²) in [6.45, 7) is 0. The van der Waals surface area contributed by atoms with Crippen molar-refractivity contribution in [1.29, 1.82) is 0 Å². The summed E-state index contributed by atoms with van der Waals surface area (Å²) < 4.78 is 0. The molecule has 2 N–H and O–H groups in total. The SMILES string of the molecule is O=C(CC1CCCCC1)Nc1nc2c(nc1-c1ccc(O)cc1)-c1ccccc1CC2. The normalized spacial score (nSPS) is 15.7. The molecule has 1 amide bonds. The van der Waals surface area contributed by atoms with Crippen molar-refractivity contribution >= 4 is 11.7 Å². The minimum absolute atomic E-state index is 0.0115. The van der Waals surface area contributed by atoms with Crippen molar-refractivity contribution in [2.75, 3.05) is 5.32 Å². The molecule has 0 aliphatic heterocycles. The number of fused-ring (bicyclic) bond motifs is 3. The number of hydrogen-bond acceptors (Lipinski definition) is 4. The Morgan fingerprint density at radius 1 is 0.935 bits per heavy atom. The summed E-state index contributed by atoms with van der Waals surface area (Å²) in [6.07, 6.45) is 8.24. The summed E-state index contributed by atoms with van der Waals surface area (Å²) in [5.74, 6) is 1.19. The fourth-order valence-corrected chi connectivity index (χ4v) is 4.83. The number of carbonyl (C=O) groups excluding carboxylic acids is 1. The fraction of sp³-hybridized carbons (Fsp3) is 0.346. The van der Waals surface area contributed by atoms with E-state index in [2.05, 4.69) is 23.5 Å². The molecule has 0 atom stereocenters. The number of aromatic nitrogens is 2. The number of carbonyl (C=O) groups is 1. The van der Waals surface area contributed by atoms with Gasteiger partial charge in [-0.25, -0.2) is 9.97 Å². The summed E-state index contributed by atoms with van der Waals surface area (Å²) in [5.41, 5.74) is 5.66. The van der Waals surface area contributed by atoms with Crippen molar-refractivity contribution in [2.45, 2.75) is 51.4 Å². The average molecular weight is 414 g/mol. The van der Waals surface area contributed by atoms with Crippen LogP contribution in [0.4, 0.5) is 5.82 Å². The zero-order chi connectivity index (χ0) is 21.2. The summed E-state index contributed by atoms with van der Waals surface area (Å²) in [6, 6.07) is 15.2. The van der Waals surface area contributed by atoms with E-state index >= 15 is 0 Å². The van der Waals surface area contributed by atoms with Crippen LogP contribution in [0.3, 0.4) is 0 Å². The molecular weight excluding hydrogens is 386 g/mol. The molecule has 1 saturated carbocycles. The molecule has 1 heterocycles. The van der Waals surface area contributed by atoms with Crippen molar-refractivity contribution in [2.24, 2.45) is 5.92 Å². The molecule has 0 saturated heterocycles. The molecule has 0 bridgehead atoms. The van der Waals surface area contributed by atoms with Crippen molar-refractivity contribution < 1.29 is 9.90 Å². The lowest BCUT2D eigenvalue weighted by Gasteiger charge is -2.22. The highest BCUT2D eigenvalue weighted by Crippen LogP contribution is 2.36. The lowest BCUT2D eigenvalue weighted by Crippen LogP contribution is -2.20. The largest absolute Gasteiger partial charge is 0.508 e. The summed E-state index contributed by atoms with van der Waals surface area (Å²) in [5, 5.41) is 12.8. The molecule has 0 radical (unpaired) electrons. The van der Waals surface area contributed by atoms with Gasteiger partial charge in [0.1, 0.15) is 11.4 Å². The first kappa shape index (κ1) is 19.7. The predicted octanol–water partition coefficient (Wildman–Crippen LogP) is 5.52. The molecule has 2 aliphatic carbocycles. The number of phenolic OH excluding ortho intramolecular Hbond substituents is 1. The number of benzene rings is 2. The fourth-order valence-electron chi connectivity index (χ4n) is 4.83. The van der Waals surface area contributed by atoms with Crippen LogP contribution in [-0.4, -0.2) is 21.0 Å². The standard InChI is InChI=1S/C26H27N3O2/c30-20-13-10-19(11-14-20)24-26(28-23(31)16-17-6-2-1-3-7-17)27-22-15-12-18-8-4-5-9-21(18)25(22)29-24/h4-5,8-11,13-14,17,30H,1-3,6-7,12,15-16H2,(H,27,28,31). The molecule has 158 valence electrons. The van der Waals surface area contributed by atoms with Crippen LogP contribution >= 0.6 is 0 Å². The van der Waals surface area contributed by atoms with E-state index in [0.29, 0.717) is 23.9 Å². The smallest absolute Gasteiger partial charge is 0.225 e. The highest BCUT2D eigenvalue weighted by Gasteiger charge is 2.24. The van der Waals surface area contributed by atoms with Gasteiger partial charge in [-0.2, -0.15) is 0 Å². The third-order valence-electron chi connectivity index (χ3n) is 6.47. The number of hydrogen-bond donors (Lipinski definition) is 2. The van der Waals surface area contributed by atoms with Gasteiger partial charge in [0.15, 0.2) is 5.82 Å². The quantitative estimate of drug-likeness (QED) is 0.590. The van der Waals surface area contributed by atoms with Gasteiger partial charge in [0, 0.05) is 17.5 Å². The van der Waals surface area contributed by atoms with E-state index in [1.54, 1.807) is 12.1 Å². The van der Waals surface area contributed by atoms with Crippen LogP contribution in [0.25, 0.3) is 22.5 Å². The van der Waals surface area contributed by atoms with E-state index in [0.717, 1.165) is 48.2 Å². The van der Waals surface area contributed by atoms with E-state index in [1.807, 2.05) is 18.2 Å². The van der Waals surface area contributed by atoms with Gasteiger partial charge in [-0.3, -0.25) is 4.79 Å². The van der Waals surface area contributed by atoms with Crippen molar-refractivity contribution in [3.05, 3.63) is 59.8 Å². The predicted molar refractivity (Wildman–Crippen MR) is 122 cm³/mol.